The minimum atomic E-state index is -0.956. The van der Waals surface area contributed by atoms with Crippen LogP contribution < -0.4 is 10.6 Å². The number of nitrogens with zero attached hydrogens (tertiary/aromatic N) is 2. The van der Waals surface area contributed by atoms with Gasteiger partial charge in [-0.15, -0.1) is 0 Å². The van der Waals surface area contributed by atoms with Gasteiger partial charge in [-0.2, -0.15) is 0 Å². The molecule has 0 atom stereocenters. The van der Waals surface area contributed by atoms with Gasteiger partial charge in [0.1, 0.15) is 6.33 Å². The maximum absolute atomic E-state index is 11.7. The van der Waals surface area contributed by atoms with Gasteiger partial charge in [0.25, 0.3) is 0 Å². The number of rotatable bonds is 4. The first kappa shape index (κ1) is 14.2. The SMILES string of the molecule is O=C(NCC1(C(=O)O)CCOCC1)Nc1cncnc1. The fraction of sp³-hybridized carbons (Fsp3) is 0.500. The second kappa shape index (κ2) is 6.29. The third-order valence-electron chi connectivity index (χ3n) is 3.31. The van der Waals surface area contributed by atoms with Crippen molar-refractivity contribution in [3.63, 3.8) is 0 Å². The number of hydrogen-bond acceptors (Lipinski definition) is 5. The molecule has 8 nitrogen and oxygen atoms in total. The number of carbonyl (C=O) groups excluding carboxylic acids is 1. The van der Waals surface area contributed by atoms with Crippen LogP contribution in [0.25, 0.3) is 0 Å². The highest BCUT2D eigenvalue weighted by Crippen LogP contribution is 2.30. The van der Waals surface area contributed by atoms with E-state index in [0.29, 0.717) is 31.7 Å². The first-order valence-electron chi connectivity index (χ1n) is 6.23. The van der Waals surface area contributed by atoms with Crippen LogP contribution in [0, 0.1) is 5.41 Å². The fourth-order valence-electron chi connectivity index (χ4n) is 2.02. The Morgan fingerprint density at radius 2 is 1.95 bits per heavy atom. The summed E-state index contributed by atoms with van der Waals surface area (Å²) in [7, 11) is 0. The predicted octanol–water partition coefficient (Wildman–Crippen LogP) is 0.479. The summed E-state index contributed by atoms with van der Waals surface area (Å²) in [6.45, 7) is 0.843. The Balaban J connectivity index is 1.89. The van der Waals surface area contributed by atoms with Crippen LogP contribution in [0.1, 0.15) is 12.8 Å². The van der Waals surface area contributed by atoms with Crippen LogP contribution in [-0.4, -0.2) is 46.8 Å². The molecule has 8 heteroatoms. The maximum atomic E-state index is 11.7. The molecule has 108 valence electrons. The fourth-order valence-corrected chi connectivity index (χ4v) is 2.02. The van der Waals surface area contributed by atoms with E-state index in [1.165, 1.54) is 18.7 Å². The summed E-state index contributed by atoms with van der Waals surface area (Å²) in [4.78, 5) is 30.6. The van der Waals surface area contributed by atoms with Crippen LogP contribution in [0.5, 0.6) is 0 Å². The lowest BCUT2D eigenvalue weighted by Gasteiger charge is -2.33. The Morgan fingerprint density at radius 3 is 2.55 bits per heavy atom. The third kappa shape index (κ3) is 3.41. The zero-order valence-electron chi connectivity index (χ0n) is 10.8. The largest absolute Gasteiger partial charge is 0.481 e. The summed E-state index contributed by atoms with van der Waals surface area (Å²) in [5.41, 5.74) is -0.510. The number of nitrogens with one attached hydrogen (secondary N) is 2. The number of hydrogen-bond donors (Lipinski definition) is 3. The average molecular weight is 280 g/mol. The Hall–Kier alpha value is -2.22. The highest BCUT2D eigenvalue weighted by Gasteiger charge is 2.40. The van der Waals surface area contributed by atoms with E-state index in [2.05, 4.69) is 20.6 Å². The second-order valence-electron chi connectivity index (χ2n) is 4.63. The standard InChI is InChI=1S/C12H16N4O4/c17-10(18)12(1-3-20-4-2-12)7-15-11(19)16-9-5-13-8-14-6-9/h5-6,8H,1-4,7H2,(H,17,18)(H2,15,16,19). The lowest BCUT2D eigenvalue weighted by molar-refractivity contribution is -0.154. The number of carboxylic acid groups (broad SMARTS) is 1. The van der Waals surface area contributed by atoms with Crippen molar-refractivity contribution in [3.8, 4) is 0 Å². The first-order valence-corrected chi connectivity index (χ1v) is 6.23. The molecule has 1 aliphatic heterocycles. The van der Waals surface area contributed by atoms with E-state index in [1.807, 2.05) is 0 Å². The van der Waals surface area contributed by atoms with Crippen molar-refractivity contribution in [2.24, 2.45) is 5.41 Å². The Bertz CT molecular complexity index is 474. The number of carbonyl (C=O) groups is 2. The molecular weight excluding hydrogens is 264 g/mol. The topological polar surface area (TPSA) is 113 Å². The van der Waals surface area contributed by atoms with E-state index < -0.39 is 17.4 Å². The Labute approximate surface area is 115 Å². The van der Waals surface area contributed by atoms with Gasteiger partial charge in [-0.25, -0.2) is 14.8 Å². The molecule has 0 aliphatic carbocycles. The normalized spacial score (nSPS) is 17.2. The minimum absolute atomic E-state index is 0.0607. The number of ether oxygens (including phenoxy) is 1. The average Bonchev–Trinajstić information content (AvgIpc) is 2.47. The number of anilines is 1. The number of aromatic nitrogens is 2. The van der Waals surface area contributed by atoms with Gasteiger partial charge in [-0.05, 0) is 12.8 Å². The molecule has 1 fully saturated rings. The molecule has 1 aromatic rings. The molecule has 2 heterocycles. The molecule has 2 rings (SSSR count). The molecular formula is C12H16N4O4. The van der Waals surface area contributed by atoms with Crippen LogP contribution in [0.3, 0.4) is 0 Å². The van der Waals surface area contributed by atoms with Crippen molar-refractivity contribution in [1.82, 2.24) is 15.3 Å². The van der Waals surface area contributed by atoms with Crippen LogP contribution in [0.15, 0.2) is 18.7 Å². The molecule has 0 saturated carbocycles. The number of urea groups is 1. The van der Waals surface area contributed by atoms with E-state index in [4.69, 9.17) is 4.74 Å². The number of amides is 2. The molecule has 1 aromatic heterocycles. The summed E-state index contributed by atoms with van der Waals surface area (Å²) in [6, 6.07) is -0.480. The molecule has 0 radical (unpaired) electrons. The van der Waals surface area contributed by atoms with Crippen molar-refractivity contribution < 1.29 is 19.4 Å². The lowest BCUT2D eigenvalue weighted by Crippen LogP contribution is -2.47. The van der Waals surface area contributed by atoms with E-state index >= 15 is 0 Å². The molecule has 3 N–H and O–H groups in total. The lowest BCUT2D eigenvalue weighted by atomic mass is 9.80. The van der Waals surface area contributed by atoms with Crippen molar-refractivity contribution in [1.29, 1.82) is 0 Å². The van der Waals surface area contributed by atoms with Crippen LogP contribution in [0.2, 0.25) is 0 Å². The molecule has 2 amide bonds. The smallest absolute Gasteiger partial charge is 0.319 e. The van der Waals surface area contributed by atoms with Gasteiger partial charge in [-0.1, -0.05) is 0 Å². The zero-order chi connectivity index (χ0) is 14.4. The van der Waals surface area contributed by atoms with E-state index in [1.54, 1.807) is 0 Å². The second-order valence-corrected chi connectivity index (χ2v) is 4.63. The van der Waals surface area contributed by atoms with Gasteiger partial charge in [0.05, 0.1) is 23.5 Å². The number of aliphatic carboxylic acids is 1. The van der Waals surface area contributed by atoms with Gasteiger partial charge in [-0.3, -0.25) is 4.79 Å². The summed E-state index contributed by atoms with van der Waals surface area (Å²) in [5.74, 6) is -0.913. The first-order chi connectivity index (χ1) is 9.62. The van der Waals surface area contributed by atoms with Gasteiger partial charge in [0, 0.05) is 19.8 Å². The van der Waals surface area contributed by atoms with Crippen LogP contribution in [-0.2, 0) is 9.53 Å². The molecule has 0 bridgehead atoms. The highest BCUT2D eigenvalue weighted by atomic mass is 16.5. The van der Waals surface area contributed by atoms with Gasteiger partial charge >= 0.3 is 12.0 Å². The summed E-state index contributed by atoms with van der Waals surface area (Å²) < 4.78 is 5.17. The van der Waals surface area contributed by atoms with Crippen LogP contribution in [0.4, 0.5) is 10.5 Å². The molecule has 1 saturated heterocycles. The predicted molar refractivity (Wildman–Crippen MR) is 69.2 cm³/mol. The summed E-state index contributed by atoms with van der Waals surface area (Å²) >= 11 is 0. The number of carboxylic acids is 1. The summed E-state index contributed by atoms with van der Waals surface area (Å²) in [6.07, 6.45) is 5.03. The van der Waals surface area contributed by atoms with Crippen molar-refractivity contribution >= 4 is 17.7 Å². The molecule has 0 spiro atoms. The van der Waals surface area contributed by atoms with E-state index in [9.17, 15) is 14.7 Å². The monoisotopic (exact) mass is 280 g/mol. The molecule has 20 heavy (non-hydrogen) atoms. The molecule has 1 aliphatic rings. The summed E-state index contributed by atoms with van der Waals surface area (Å²) in [5, 5.41) is 14.5. The van der Waals surface area contributed by atoms with Crippen molar-refractivity contribution in [3.05, 3.63) is 18.7 Å². The van der Waals surface area contributed by atoms with Gasteiger partial charge in [0.15, 0.2) is 0 Å². The van der Waals surface area contributed by atoms with Crippen molar-refractivity contribution in [2.75, 3.05) is 25.1 Å². The van der Waals surface area contributed by atoms with Gasteiger partial charge < -0.3 is 20.5 Å². The van der Waals surface area contributed by atoms with Crippen LogP contribution >= 0.6 is 0 Å². The Morgan fingerprint density at radius 1 is 1.30 bits per heavy atom. The zero-order valence-corrected chi connectivity index (χ0v) is 10.8. The Kier molecular flexibility index (Phi) is 4.46. The van der Waals surface area contributed by atoms with Gasteiger partial charge in [0.2, 0.25) is 0 Å². The van der Waals surface area contributed by atoms with E-state index in [-0.39, 0.29) is 6.54 Å². The quantitative estimate of drug-likeness (QED) is 0.739. The third-order valence-corrected chi connectivity index (χ3v) is 3.31. The molecule has 0 unspecified atom stereocenters. The molecule has 0 aromatic carbocycles. The minimum Gasteiger partial charge on any atom is -0.481 e. The highest BCUT2D eigenvalue weighted by molar-refractivity contribution is 5.89. The maximum Gasteiger partial charge on any atom is 0.319 e. The van der Waals surface area contributed by atoms with Crippen molar-refractivity contribution in [2.45, 2.75) is 12.8 Å². The van der Waals surface area contributed by atoms with E-state index in [0.717, 1.165) is 0 Å².